The van der Waals surface area contributed by atoms with Crippen LogP contribution in [0.2, 0.25) is 0 Å². The van der Waals surface area contributed by atoms with Crippen molar-refractivity contribution in [2.24, 2.45) is 0 Å². The van der Waals surface area contributed by atoms with Crippen LogP contribution in [0.1, 0.15) is 0 Å². The van der Waals surface area contributed by atoms with E-state index in [1.807, 2.05) is 30.3 Å². The first-order chi connectivity index (χ1) is 9.61. The quantitative estimate of drug-likeness (QED) is 0.761. The van der Waals surface area contributed by atoms with Gasteiger partial charge in [0.15, 0.2) is 0 Å². The van der Waals surface area contributed by atoms with E-state index in [0.717, 1.165) is 5.39 Å². The Morgan fingerprint density at radius 3 is 2.15 bits per heavy atom. The molecule has 3 nitrogen and oxygen atoms in total. The number of halogens is 2. The van der Waals surface area contributed by atoms with Gasteiger partial charge in [-0.2, -0.15) is 4.31 Å². The molecule has 0 radical (unpaired) electrons. The molecule has 0 atom stereocenters. The topological polar surface area (TPSA) is 37.4 Å². The second-order valence-corrected chi connectivity index (χ2v) is 6.92. The van der Waals surface area contributed by atoms with Crippen LogP contribution in [0.5, 0.6) is 0 Å². The third-order valence-corrected chi connectivity index (χ3v) is 5.33. The van der Waals surface area contributed by atoms with Crippen molar-refractivity contribution in [3.63, 3.8) is 0 Å². The van der Waals surface area contributed by atoms with Crippen LogP contribution in [0.25, 0.3) is 10.8 Å². The Bertz CT molecular complexity index is 677. The van der Waals surface area contributed by atoms with Crippen molar-refractivity contribution in [1.29, 1.82) is 0 Å². The molecule has 2 aromatic carbocycles. The highest BCUT2D eigenvalue weighted by molar-refractivity contribution is 7.89. The molecule has 2 rings (SSSR count). The van der Waals surface area contributed by atoms with Gasteiger partial charge >= 0.3 is 0 Å². The summed E-state index contributed by atoms with van der Waals surface area (Å²) in [6.45, 7) is 0.500. The minimum absolute atomic E-state index is 0.237. The van der Waals surface area contributed by atoms with Gasteiger partial charge < -0.3 is 0 Å². The molecule has 0 N–H and O–H groups in total. The molecular formula is C14H15Cl2NO2S. The summed E-state index contributed by atoms with van der Waals surface area (Å²) >= 11 is 11.4. The smallest absolute Gasteiger partial charge is 0.207 e. The number of sulfonamides is 1. The third kappa shape index (κ3) is 3.09. The van der Waals surface area contributed by atoms with E-state index in [-0.39, 0.29) is 24.8 Å². The molecule has 0 aliphatic heterocycles. The van der Waals surface area contributed by atoms with Crippen LogP contribution in [0.3, 0.4) is 0 Å². The average Bonchev–Trinajstić information content (AvgIpc) is 2.46. The highest BCUT2D eigenvalue weighted by atomic mass is 35.5. The normalized spacial score (nSPS) is 12.2. The van der Waals surface area contributed by atoms with Gasteiger partial charge in [0.05, 0.1) is 4.90 Å². The van der Waals surface area contributed by atoms with Crippen LogP contribution in [0.15, 0.2) is 47.4 Å². The van der Waals surface area contributed by atoms with Gasteiger partial charge in [-0.1, -0.05) is 36.4 Å². The first kappa shape index (κ1) is 15.6. The molecule has 20 heavy (non-hydrogen) atoms. The molecule has 0 saturated carbocycles. The molecule has 0 amide bonds. The van der Waals surface area contributed by atoms with Gasteiger partial charge in [-0.15, -0.1) is 23.2 Å². The second-order valence-electron chi connectivity index (χ2n) is 4.26. The van der Waals surface area contributed by atoms with Crippen molar-refractivity contribution >= 4 is 44.0 Å². The first-order valence-corrected chi connectivity index (χ1v) is 8.72. The lowest BCUT2D eigenvalue weighted by atomic mass is 10.1. The predicted molar refractivity (Wildman–Crippen MR) is 84.1 cm³/mol. The maximum Gasteiger partial charge on any atom is 0.243 e. The van der Waals surface area contributed by atoms with Crippen molar-refractivity contribution in [2.75, 3.05) is 24.8 Å². The molecule has 108 valence electrons. The summed E-state index contributed by atoms with van der Waals surface area (Å²) in [6.07, 6.45) is 0. The molecule has 0 aliphatic rings. The van der Waals surface area contributed by atoms with Gasteiger partial charge in [-0.05, 0) is 11.5 Å². The molecule has 0 aromatic heterocycles. The third-order valence-electron chi connectivity index (χ3n) is 3.04. The predicted octanol–water partition coefficient (Wildman–Crippen LogP) is 3.31. The van der Waals surface area contributed by atoms with E-state index in [4.69, 9.17) is 23.2 Å². The van der Waals surface area contributed by atoms with Crippen LogP contribution >= 0.6 is 23.2 Å². The number of nitrogens with zero attached hydrogens (tertiary/aromatic N) is 1. The van der Waals surface area contributed by atoms with E-state index in [9.17, 15) is 8.42 Å². The first-order valence-electron chi connectivity index (χ1n) is 6.21. The monoisotopic (exact) mass is 331 g/mol. The van der Waals surface area contributed by atoms with Gasteiger partial charge in [0.1, 0.15) is 0 Å². The zero-order valence-corrected chi connectivity index (χ0v) is 13.1. The van der Waals surface area contributed by atoms with Crippen molar-refractivity contribution in [3.8, 4) is 0 Å². The molecular weight excluding hydrogens is 317 g/mol. The lowest BCUT2D eigenvalue weighted by Crippen LogP contribution is -2.34. The van der Waals surface area contributed by atoms with Crippen molar-refractivity contribution in [2.45, 2.75) is 4.90 Å². The number of fused-ring (bicyclic) bond motifs is 1. The summed E-state index contributed by atoms with van der Waals surface area (Å²) in [7, 11) is -3.59. The van der Waals surface area contributed by atoms with E-state index in [0.29, 0.717) is 10.3 Å². The van der Waals surface area contributed by atoms with Gasteiger partial charge in [0.2, 0.25) is 10.0 Å². The zero-order chi connectivity index (χ0) is 14.6. The molecule has 0 unspecified atom stereocenters. The van der Waals surface area contributed by atoms with Crippen LogP contribution in [-0.2, 0) is 10.0 Å². The standard InChI is InChI=1S/C14H15Cl2NO2S/c15-8-10-17(11-9-16)20(18,19)14-7-3-5-12-4-1-2-6-13(12)14/h1-7H,8-11H2. The largest absolute Gasteiger partial charge is 0.243 e. The van der Waals surface area contributed by atoms with Crippen LogP contribution in [-0.4, -0.2) is 37.6 Å². The number of benzene rings is 2. The summed E-state index contributed by atoms with van der Waals surface area (Å²) in [5, 5.41) is 1.61. The lowest BCUT2D eigenvalue weighted by Gasteiger charge is -2.21. The highest BCUT2D eigenvalue weighted by Gasteiger charge is 2.25. The van der Waals surface area contributed by atoms with Crippen molar-refractivity contribution < 1.29 is 8.42 Å². The highest BCUT2D eigenvalue weighted by Crippen LogP contribution is 2.25. The number of rotatable bonds is 6. The molecule has 2 aromatic rings. The Morgan fingerprint density at radius 1 is 0.900 bits per heavy atom. The maximum atomic E-state index is 12.7. The SMILES string of the molecule is O=S(=O)(c1cccc2ccccc12)N(CCCl)CCCl. The Morgan fingerprint density at radius 2 is 1.50 bits per heavy atom. The summed E-state index contributed by atoms with van der Waals surface area (Å²) in [4.78, 5) is 0.297. The Hall–Kier alpha value is -0.810. The molecule has 6 heteroatoms. The summed E-state index contributed by atoms with van der Waals surface area (Å²) in [5.74, 6) is 0.474. The molecule has 0 fully saturated rings. The lowest BCUT2D eigenvalue weighted by molar-refractivity contribution is 0.449. The van der Waals surface area contributed by atoms with E-state index < -0.39 is 10.0 Å². The van der Waals surface area contributed by atoms with Crippen molar-refractivity contribution in [3.05, 3.63) is 42.5 Å². The fourth-order valence-electron chi connectivity index (χ4n) is 2.10. The average molecular weight is 332 g/mol. The molecule has 0 aliphatic carbocycles. The Labute approximate surface area is 129 Å². The number of hydrogen-bond acceptors (Lipinski definition) is 2. The van der Waals surface area contributed by atoms with Crippen LogP contribution in [0, 0.1) is 0 Å². The van der Waals surface area contributed by atoms with Gasteiger partial charge in [0.25, 0.3) is 0 Å². The minimum atomic E-state index is -3.59. The van der Waals surface area contributed by atoms with Gasteiger partial charge in [-0.25, -0.2) is 8.42 Å². The second kappa shape index (κ2) is 6.76. The minimum Gasteiger partial charge on any atom is -0.207 e. The van der Waals surface area contributed by atoms with E-state index in [2.05, 4.69) is 0 Å². The number of alkyl halides is 2. The van der Waals surface area contributed by atoms with Crippen molar-refractivity contribution in [1.82, 2.24) is 4.31 Å². The summed E-state index contributed by atoms with van der Waals surface area (Å²) in [6, 6.07) is 12.7. The maximum absolute atomic E-state index is 12.7. The molecule has 0 saturated heterocycles. The van der Waals surface area contributed by atoms with E-state index in [1.165, 1.54) is 4.31 Å². The molecule has 0 heterocycles. The van der Waals surface area contributed by atoms with Gasteiger partial charge in [-0.3, -0.25) is 0 Å². The summed E-state index contributed by atoms with van der Waals surface area (Å²) in [5.41, 5.74) is 0. The van der Waals surface area contributed by atoms with Crippen LogP contribution in [0.4, 0.5) is 0 Å². The molecule has 0 bridgehead atoms. The Balaban J connectivity index is 2.56. The number of hydrogen-bond donors (Lipinski definition) is 0. The Kier molecular flexibility index (Phi) is 5.27. The molecule has 0 spiro atoms. The summed E-state index contributed by atoms with van der Waals surface area (Å²) < 4.78 is 26.8. The van der Waals surface area contributed by atoms with Crippen LogP contribution < -0.4 is 0 Å². The fourth-order valence-corrected chi connectivity index (χ4v) is 4.36. The van der Waals surface area contributed by atoms with E-state index >= 15 is 0 Å². The van der Waals surface area contributed by atoms with Gasteiger partial charge in [0, 0.05) is 30.2 Å². The zero-order valence-electron chi connectivity index (χ0n) is 10.8. The fraction of sp³-hybridized carbons (Fsp3) is 0.286. The van der Waals surface area contributed by atoms with E-state index in [1.54, 1.807) is 12.1 Å².